The summed E-state index contributed by atoms with van der Waals surface area (Å²) in [5, 5.41) is 7.35. The van der Waals surface area contributed by atoms with Crippen LogP contribution < -0.4 is 5.32 Å². The summed E-state index contributed by atoms with van der Waals surface area (Å²) >= 11 is 6.70. The van der Waals surface area contributed by atoms with E-state index in [1.807, 2.05) is 29.0 Å². The molecule has 0 bridgehead atoms. The van der Waals surface area contributed by atoms with Crippen molar-refractivity contribution in [2.75, 3.05) is 50.8 Å². The lowest BCUT2D eigenvalue weighted by Gasteiger charge is -2.39. The fourth-order valence-electron chi connectivity index (χ4n) is 5.12. The summed E-state index contributed by atoms with van der Waals surface area (Å²) in [6.45, 7) is 6.86. The number of piperidine rings is 2. The summed E-state index contributed by atoms with van der Waals surface area (Å²) in [5.74, 6) is -1.94. The Morgan fingerprint density at radius 2 is 1.29 bits per heavy atom. The molecule has 1 N–H and O–H groups in total. The van der Waals surface area contributed by atoms with E-state index in [0.717, 1.165) is 26.3 Å². The van der Waals surface area contributed by atoms with Gasteiger partial charge < -0.3 is 24.8 Å². The summed E-state index contributed by atoms with van der Waals surface area (Å²) in [6, 6.07) is 7.97. The Bertz CT molecular complexity index is 1290. The second-order valence-corrected chi connectivity index (χ2v) is 17.0. The molecule has 0 unspecified atom stereocenters. The number of carbonyl (C=O) groups is 3. The third-order valence-electron chi connectivity index (χ3n) is 7.43. The minimum atomic E-state index is -4.87. The highest BCUT2D eigenvalue weighted by molar-refractivity contribution is 8.01. The second kappa shape index (κ2) is 18.9. The maximum absolute atomic E-state index is 12.7. The van der Waals surface area contributed by atoms with Crippen molar-refractivity contribution in [1.82, 2.24) is 20.0 Å². The Labute approximate surface area is 299 Å². The molecule has 4 heterocycles. The fraction of sp³-hybridized carbons (Fsp3) is 0.645. The molecule has 0 aliphatic carbocycles. The summed E-state index contributed by atoms with van der Waals surface area (Å²) in [5.41, 5.74) is -0.664. The monoisotopic (exact) mass is 776 g/mol. The normalized spacial score (nSPS) is 16.6. The molecular formula is C31H42F6N4O4S4. The highest BCUT2D eigenvalue weighted by Crippen LogP contribution is 2.28. The van der Waals surface area contributed by atoms with Crippen LogP contribution in [-0.4, -0.2) is 113 Å². The summed E-state index contributed by atoms with van der Waals surface area (Å²) in [4.78, 5) is 38.5. The van der Waals surface area contributed by atoms with Crippen LogP contribution in [0.4, 0.5) is 31.1 Å². The molecule has 0 atom stereocenters. The molecule has 2 aliphatic rings. The van der Waals surface area contributed by atoms with Crippen molar-refractivity contribution in [3.63, 3.8) is 0 Å². The van der Waals surface area contributed by atoms with Crippen LogP contribution in [0.2, 0.25) is 0 Å². The quantitative estimate of drug-likeness (QED) is 0.151. The number of hydrogen-bond donors (Lipinski definition) is 1. The van der Waals surface area contributed by atoms with Crippen molar-refractivity contribution in [2.24, 2.45) is 0 Å². The minimum absolute atomic E-state index is 0.0274. The van der Waals surface area contributed by atoms with E-state index in [1.165, 1.54) is 4.21 Å². The Hall–Kier alpha value is -2.15. The summed E-state index contributed by atoms with van der Waals surface area (Å²) in [7, 11) is 0. The third-order valence-corrected chi connectivity index (χ3v) is 11.7. The smallest absolute Gasteiger partial charge is 0.444 e. The number of nitrogens with one attached hydrogen (secondary N) is 1. The van der Waals surface area contributed by atoms with E-state index < -0.39 is 35.9 Å². The first kappa shape index (κ1) is 41.3. The van der Waals surface area contributed by atoms with Crippen LogP contribution in [0, 0.1) is 0 Å². The van der Waals surface area contributed by atoms with Gasteiger partial charge in [0.2, 0.25) is 0 Å². The molecule has 2 saturated heterocycles. The summed E-state index contributed by atoms with van der Waals surface area (Å²) in [6.07, 6.45) is -8.35. The first-order chi connectivity index (χ1) is 22.9. The molecule has 2 aromatic heterocycles. The van der Waals surface area contributed by atoms with E-state index >= 15 is 0 Å². The molecular weight excluding hydrogens is 735 g/mol. The third kappa shape index (κ3) is 14.5. The number of thiophene rings is 2. The van der Waals surface area contributed by atoms with Gasteiger partial charge in [0.15, 0.2) is 0 Å². The van der Waals surface area contributed by atoms with Crippen molar-refractivity contribution < 1.29 is 45.5 Å². The van der Waals surface area contributed by atoms with Gasteiger partial charge in [0, 0.05) is 62.9 Å². The molecule has 49 heavy (non-hydrogen) atoms. The van der Waals surface area contributed by atoms with E-state index in [-0.39, 0.29) is 38.3 Å². The first-order valence-electron chi connectivity index (χ1n) is 15.7. The zero-order chi connectivity index (χ0) is 36.2. The van der Waals surface area contributed by atoms with Crippen LogP contribution in [0.1, 0.15) is 46.5 Å². The maximum Gasteiger partial charge on any atom is 0.471 e. The Kier molecular flexibility index (Phi) is 15.9. The van der Waals surface area contributed by atoms with Crippen LogP contribution in [0.3, 0.4) is 0 Å². The van der Waals surface area contributed by atoms with Crippen molar-refractivity contribution >= 4 is 64.1 Å². The number of hydrogen-bond acceptors (Lipinski definition) is 9. The lowest BCUT2D eigenvalue weighted by Crippen LogP contribution is -2.52. The van der Waals surface area contributed by atoms with Gasteiger partial charge >= 0.3 is 30.3 Å². The molecule has 2 fully saturated rings. The van der Waals surface area contributed by atoms with Gasteiger partial charge in [-0.25, -0.2) is 4.79 Å². The molecule has 2 aromatic rings. The minimum Gasteiger partial charge on any atom is -0.444 e. The van der Waals surface area contributed by atoms with Gasteiger partial charge in [-0.1, -0.05) is 12.1 Å². The average Bonchev–Trinajstić information content (AvgIpc) is 3.75. The number of carbonyl (C=O) groups excluding carboxylic acids is 3. The number of ether oxygens (including phenoxy) is 1. The highest BCUT2D eigenvalue weighted by atomic mass is 32.2. The molecule has 18 heteroatoms. The molecule has 2 aliphatic heterocycles. The van der Waals surface area contributed by atoms with Crippen LogP contribution in [0.25, 0.3) is 0 Å². The summed E-state index contributed by atoms with van der Waals surface area (Å²) < 4.78 is 82.7. The maximum atomic E-state index is 12.7. The van der Waals surface area contributed by atoms with Crippen molar-refractivity contribution in [1.29, 1.82) is 0 Å². The number of thioether (sulfide) groups is 2. The van der Waals surface area contributed by atoms with E-state index in [1.54, 1.807) is 71.9 Å². The number of alkyl halides is 6. The lowest BCUT2D eigenvalue weighted by molar-refractivity contribution is -0.186. The van der Waals surface area contributed by atoms with Gasteiger partial charge in [-0.2, -0.15) is 26.3 Å². The molecule has 0 aromatic carbocycles. The number of halogens is 6. The van der Waals surface area contributed by atoms with Crippen molar-refractivity contribution in [3.05, 3.63) is 35.0 Å². The standard InChI is InChI=1S/C18H25F3N2O3S2.C13H17F3N2OS2/c1-17(2,3)26-16(25)23(10-12-28-14-5-4-11-27-14)13-6-8-22(9-7-13)15(24)18(19,20)21;14-13(15,16)12(19)18-6-3-10(4-7-18)17-5-9-21-11-2-1-8-20-11/h4-5,11,13H,6-10,12H2,1-3H3;1-2,8,10,17H,3-7,9H2. The number of likely N-dealkylation sites (tertiary alicyclic amines) is 2. The molecule has 3 amide bonds. The molecule has 0 radical (unpaired) electrons. The molecule has 276 valence electrons. The topological polar surface area (TPSA) is 82.2 Å². The van der Waals surface area contributed by atoms with E-state index in [0.29, 0.717) is 38.0 Å². The van der Waals surface area contributed by atoms with Gasteiger partial charge in [-0.05, 0) is 69.3 Å². The number of amides is 3. The average molecular weight is 777 g/mol. The molecule has 0 spiro atoms. The van der Waals surface area contributed by atoms with Crippen LogP contribution in [0.5, 0.6) is 0 Å². The van der Waals surface area contributed by atoms with E-state index in [2.05, 4.69) is 11.4 Å². The van der Waals surface area contributed by atoms with Gasteiger partial charge in [0.25, 0.3) is 0 Å². The van der Waals surface area contributed by atoms with Gasteiger partial charge in [-0.3, -0.25) is 9.59 Å². The van der Waals surface area contributed by atoms with Gasteiger partial charge in [-0.15, -0.1) is 46.2 Å². The Morgan fingerprint density at radius 3 is 1.71 bits per heavy atom. The number of rotatable bonds is 10. The van der Waals surface area contributed by atoms with Crippen molar-refractivity contribution in [3.8, 4) is 0 Å². The molecule has 0 saturated carbocycles. The zero-order valence-corrected chi connectivity index (χ0v) is 30.7. The SMILES string of the molecule is CC(C)(C)OC(=O)N(CCSc1cccs1)C1CCN(C(=O)C(F)(F)F)CC1.O=C(N1CCC(NCCSc2cccs2)CC1)C(F)(F)F. The van der Waals surface area contributed by atoms with Crippen LogP contribution >= 0.6 is 46.2 Å². The Balaban J connectivity index is 0.000000276. The highest BCUT2D eigenvalue weighted by Gasteiger charge is 2.44. The predicted octanol–water partition coefficient (Wildman–Crippen LogP) is 7.61. The first-order valence-corrected chi connectivity index (χ1v) is 19.4. The molecule has 8 nitrogen and oxygen atoms in total. The largest absolute Gasteiger partial charge is 0.471 e. The number of nitrogens with zero attached hydrogens (tertiary/aromatic N) is 3. The Morgan fingerprint density at radius 1 is 0.816 bits per heavy atom. The van der Waals surface area contributed by atoms with E-state index in [4.69, 9.17) is 4.74 Å². The van der Waals surface area contributed by atoms with Gasteiger partial charge in [0.1, 0.15) is 5.60 Å². The van der Waals surface area contributed by atoms with Crippen LogP contribution in [0.15, 0.2) is 43.4 Å². The predicted molar refractivity (Wildman–Crippen MR) is 182 cm³/mol. The van der Waals surface area contributed by atoms with Crippen LogP contribution in [-0.2, 0) is 14.3 Å². The fourth-order valence-corrected chi connectivity index (χ4v) is 8.65. The molecule has 4 rings (SSSR count). The van der Waals surface area contributed by atoms with E-state index in [9.17, 15) is 40.7 Å². The zero-order valence-electron chi connectivity index (χ0n) is 27.5. The lowest BCUT2D eigenvalue weighted by atomic mass is 10.0. The van der Waals surface area contributed by atoms with Crippen molar-refractivity contribution in [2.45, 2.75) is 84.9 Å². The van der Waals surface area contributed by atoms with Gasteiger partial charge in [0.05, 0.1) is 8.42 Å². The second-order valence-electron chi connectivity index (χ2n) is 12.3.